The molecular weight excluding hydrogens is 216 g/mol. The predicted molar refractivity (Wildman–Crippen MR) is 68.9 cm³/mol. The molecule has 0 spiro atoms. The zero-order chi connectivity index (χ0) is 12.7. The van der Waals surface area contributed by atoms with E-state index in [9.17, 15) is 9.90 Å². The number of likely N-dealkylation sites (N-methyl/N-ethyl adjacent to an activating group) is 1. The van der Waals surface area contributed by atoms with Gasteiger partial charge >= 0.3 is 0 Å². The molecule has 0 saturated heterocycles. The molecule has 0 heterocycles. The molecule has 0 aliphatic heterocycles. The van der Waals surface area contributed by atoms with Crippen LogP contribution in [0.25, 0.3) is 0 Å². The molecular formula is C13H20N2O2. The fourth-order valence-corrected chi connectivity index (χ4v) is 1.58. The van der Waals surface area contributed by atoms with E-state index in [0.717, 1.165) is 5.69 Å². The molecule has 1 amide bonds. The van der Waals surface area contributed by atoms with Crippen LogP contribution < -0.4 is 5.32 Å². The van der Waals surface area contributed by atoms with Gasteiger partial charge in [-0.1, -0.05) is 18.2 Å². The highest BCUT2D eigenvalue weighted by atomic mass is 16.3. The molecule has 17 heavy (non-hydrogen) atoms. The van der Waals surface area contributed by atoms with Crippen molar-refractivity contribution in [3.8, 4) is 0 Å². The van der Waals surface area contributed by atoms with Crippen molar-refractivity contribution < 1.29 is 9.90 Å². The molecule has 0 aromatic heterocycles. The maximum atomic E-state index is 11.6. The summed E-state index contributed by atoms with van der Waals surface area (Å²) in [6.07, 6.45) is 0.0650. The van der Waals surface area contributed by atoms with Crippen molar-refractivity contribution in [1.29, 1.82) is 0 Å². The van der Waals surface area contributed by atoms with Gasteiger partial charge in [-0.15, -0.1) is 0 Å². The average Bonchev–Trinajstić information content (AvgIpc) is 2.27. The fourth-order valence-electron chi connectivity index (χ4n) is 1.58. The number of aliphatic hydroxyl groups is 1. The number of carbonyl (C=O) groups is 1. The summed E-state index contributed by atoms with van der Waals surface area (Å²) in [4.78, 5) is 13.5. The smallest absolute Gasteiger partial charge is 0.225 e. The number of aliphatic hydroxyl groups excluding tert-OH is 1. The van der Waals surface area contributed by atoms with E-state index < -0.39 is 0 Å². The molecule has 0 bridgehead atoms. The Balaban J connectivity index is 2.26. The van der Waals surface area contributed by atoms with E-state index in [2.05, 4.69) is 5.32 Å². The minimum absolute atomic E-state index is 0.00589. The van der Waals surface area contributed by atoms with E-state index >= 15 is 0 Å². The van der Waals surface area contributed by atoms with Gasteiger partial charge in [0.25, 0.3) is 0 Å². The van der Waals surface area contributed by atoms with E-state index in [4.69, 9.17) is 0 Å². The van der Waals surface area contributed by atoms with Crippen molar-refractivity contribution in [1.82, 2.24) is 4.90 Å². The molecule has 1 atom stereocenters. The van der Waals surface area contributed by atoms with Gasteiger partial charge in [-0.3, -0.25) is 4.79 Å². The zero-order valence-corrected chi connectivity index (χ0v) is 10.4. The Bertz CT molecular complexity index is 339. The predicted octanol–water partition coefficient (Wildman–Crippen LogP) is 1.33. The highest BCUT2D eigenvalue weighted by Gasteiger charge is 2.06. The molecule has 4 heteroatoms. The molecule has 0 aliphatic rings. The van der Waals surface area contributed by atoms with Gasteiger partial charge in [-0.2, -0.15) is 0 Å². The lowest BCUT2D eigenvalue weighted by molar-refractivity contribution is -0.116. The third-order valence-electron chi connectivity index (χ3n) is 2.35. The number of carbonyl (C=O) groups excluding carboxylic acids is 1. The van der Waals surface area contributed by atoms with Crippen LogP contribution in [-0.4, -0.2) is 42.2 Å². The van der Waals surface area contributed by atoms with Crippen LogP contribution in [0.5, 0.6) is 0 Å². The Kier molecular flexibility index (Phi) is 5.66. The largest absolute Gasteiger partial charge is 0.392 e. The highest BCUT2D eigenvalue weighted by Crippen LogP contribution is 2.05. The van der Waals surface area contributed by atoms with Gasteiger partial charge in [0.1, 0.15) is 0 Å². The SMILES string of the molecule is CC(O)CN(C)CCC(=O)Nc1ccccc1. The molecule has 1 aromatic rings. The zero-order valence-electron chi connectivity index (χ0n) is 10.4. The average molecular weight is 236 g/mol. The van der Waals surface area contributed by atoms with Crippen molar-refractivity contribution in [2.45, 2.75) is 19.4 Å². The number of rotatable bonds is 6. The van der Waals surface area contributed by atoms with E-state index in [-0.39, 0.29) is 12.0 Å². The number of nitrogens with zero attached hydrogens (tertiary/aromatic N) is 1. The van der Waals surface area contributed by atoms with Gasteiger partial charge in [0.2, 0.25) is 5.91 Å². The van der Waals surface area contributed by atoms with Gasteiger partial charge in [0.05, 0.1) is 6.10 Å². The summed E-state index contributed by atoms with van der Waals surface area (Å²) >= 11 is 0. The first-order valence-electron chi connectivity index (χ1n) is 5.79. The lowest BCUT2D eigenvalue weighted by Crippen LogP contribution is -2.30. The van der Waals surface area contributed by atoms with Crippen LogP contribution >= 0.6 is 0 Å². The minimum atomic E-state index is -0.364. The third-order valence-corrected chi connectivity index (χ3v) is 2.35. The Hall–Kier alpha value is -1.39. The van der Waals surface area contributed by atoms with E-state index in [1.165, 1.54) is 0 Å². The molecule has 1 aromatic carbocycles. The summed E-state index contributed by atoms with van der Waals surface area (Å²) < 4.78 is 0. The Morgan fingerprint density at radius 2 is 2.06 bits per heavy atom. The molecule has 0 aliphatic carbocycles. The molecule has 1 unspecified atom stereocenters. The molecule has 0 fully saturated rings. The second kappa shape index (κ2) is 7.04. The maximum absolute atomic E-state index is 11.6. The van der Waals surface area contributed by atoms with Gasteiger partial charge in [-0.05, 0) is 26.1 Å². The first-order chi connectivity index (χ1) is 8.08. The van der Waals surface area contributed by atoms with Crippen LogP contribution in [0.3, 0.4) is 0 Å². The molecule has 2 N–H and O–H groups in total. The van der Waals surface area contributed by atoms with Crippen molar-refractivity contribution >= 4 is 11.6 Å². The second-order valence-electron chi connectivity index (χ2n) is 4.28. The summed E-state index contributed by atoms with van der Waals surface area (Å²) in [5.41, 5.74) is 0.815. The third kappa shape index (κ3) is 6.04. The lowest BCUT2D eigenvalue weighted by Gasteiger charge is -2.17. The summed E-state index contributed by atoms with van der Waals surface area (Å²) in [6.45, 7) is 2.96. The summed E-state index contributed by atoms with van der Waals surface area (Å²) in [7, 11) is 1.89. The fraction of sp³-hybridized carbons (Fsp3) is 0.462. The number of para-hydroxylation sites is 1. The Morgan fingerprint density at radius 3 is 2.65 bits per heavy atom. The minimum Gasteiger partial charge on any atom is -0.392 e. The number of anilines is 1. The highest BCUT2D eigenvalue weighted by molar-refractivity contribution is 5.90. The van der Waals surface area contributed by atoms with E-state index in [0.29, 0.717) is 19.5 Å². The van der Waals surface area contributed by atoms with Crippen LogP contribution in [0.4, 0.5) is 5.69 Å². The monoisotopic (exact) mass is 236 g/mol. The second-order valence-corrected chi connectivity index (χ2v) is 4.28. The summed E-state index contributed by atoms with van der Waals surface area (Å²) in [6, 6.07) is 9.39. The number of nitrogens with one attached hydrogen (secondary N) is 1. The lowest BCUT2D eigenvalue weighted by atomic mass is 10.3. The summed E-state index contributed by atoms with van der Waals surface area (Å²) in [5.74, 6) is -0.00589. The molecule has 94 valence electrons. The van der Waals surface area contributed by atoms with E-state index in [1.807, 2.05) is 42.3 Å². The van der Waals surface area contributed by atoms with Gasteiger partial charge < -0.3 is 15.3 Å². The van der Waals surface area contributed by atoms with Gasteiger partial charge in [0.15, 0.2) is 0 Å². The number of hydrogen-bond donors (Lipinski definition) is 2. The van der Waals surface area contributed by atoms with Gasteiger partial charge in [-0.25, -0.2) is 0 Å². The van der Waals surface area contributed by atoms with Crippen LogP contribution in [-0.2, 0) is 4.79 Å². The number of hydrogen-bond acceptors (Lipinski definition) is 3. The molecule has 1 rings (SSSR count). The first-order valence-corrected chi connectivity index (χ1v) is 5.79. The number of amides is 1. The maximum Gasteiger partial charge on any atom is 0.225 e. The first kappa shape index (κ1) is 13.7. The van der Waals surface area contributed by atoms with Crippen LogP contribution in [0, 0.1) is 0 Å². The standard InChI is InChI=1S/C13H20N2O2/c1-11(16)10-15(2)9-8-13(17)14-12-6-4-3-5-7-12/h3-7,11,16H,8-10H2,1-2H3,(H,14,17). The quantitative estimate of drug-likeness (QED) is 0.783. The summed E-state index contributed by atoms with van der Waals surface area (Å²) in [5, 5.41) is 12.0. The molecule has 0 radical (unpaired) electrons. The van der Waals surface area contributed by atoms with E-state index in [1.54, 1.807) is 6.92 Å². The topological polar surface area (TPSA) is 52.6 Å². The van der Waals surface area contributed by atoms with Crippen LogP contribution in [0.15, 0.2) is 30.3 Å². The number of benzene rings is 1. The van der Waals surface area contributed by atoms with Crippen LogP contribution in [0.2, 0.25) is 0 Å². The molecule has 0 saturated carbocycles. The van der Waals surface area contributed by atoms with Gasteiger partial charge in [0, 0.05) is 25.2 Å². The van der Waals surface area contributed by atoms with Crippen molar-refractivity contribution in [3.05, 3.63) is 30.3 Å². The normalized spacial score (nSPS) is 12.5. The van der Waals surface area contributed by atoms with Crippen molar-refractivity contribution in [2.24, 2.45) is 0 Å². The Morgan fingerprint density at radius 1 is 1.41 bits per heavy atom. The van der Waals surface area contributed by atoms with Crippen LogP contribution in [0.1, 0.15) is 13.3 Å². The molecule has 4 nitrogen and oxygen atoms in total. The van der Waals surface area contributed by atoms with Crippen molar-refractivity contribution in [2.75, 3.05) is 25.5 Å². The van der Waals surface area contributed by atoms with Crippen molar-refractivity contribution in [3.63, 3.8) is 0 Å². The Labute approximate surface area is 102 Å².